The van der Waals surface area contributed by atoms with E-state index in [4.69, 9.17) is 0 Å². The Bertz CT molecular complexity index is 372. The van der Waals surface area contributed by atoms with E-state index in [0.717, 1.165) is 17.6 Å². The third-order valence-corrected chi connectivity index (χ3v) is 4.27. The summed E-state index contributed by atoms with van der Waals surface area (Å²) >= 11 is 0. The van der Waals surface area contributed by atoms with Gasteiger partial charge in [0.15, 0.2) is 0 Å². The van der Waals surface area contributed by atoms with Crippen LogP contribution in [0.25, 0.3) is 0 Å². The topological polar surface area (TPSA) is 80.9 Å². The smallest absolute Gasteiger partial charge is 0.0842 e. The summed E-state index contributed by atoms with van der Waals surface area (Å²) in [4.78, 5) is 0. The number of hydrogen-bond donors (Lipinski definition) is 4. The molecule has 0 aromatic heterocycles. The quantitative estimate of drug-likeness (QED) is 0.479. The second-order valence-electron chi connectivity index (χ2n) is 5.43. The summed E-state index contributed by atoms with van der Waals surface area (Å²) in [6.45, 7) is 0. The number of aliphatic hydroxyl groups excluding tert-OH is 4. The molecule has 4 N–H and O–H groups in total. The van der Waals surface area contributed by atoms with E-state index in [0.29, 0.717) is 25.7 Å². The van der Waals surface area contributed by atoms with Crippen LogP contribution in [0.1, 0.15) is 32.1 Å². The molecule has 0 saturated carbocycles. The summed E-state index contributed by atoms with van der Waals surface area (Å²) in [6.07, 6.45) is 0.115. The van der Waals surface area contributed by atoms with E-state index >= 15 is 0 Å². The molecule has 4 nitrogen and oxygen atoms in total. The molecule has 4 atom stereocenters. The maximum Gasteiger partial charge on any atom is 0.0842 e. The van der Waals surface area contributed by atoms with Crippen molar-refractivity contribution in [1.29, 1.82) is 0 Å². The largest absolute Gasteiger partial charge is 0.390 e. The van der Waals surface area contributed by atoms with Crippen LogP contribution in [0, 0.1) is 0 Å². The first-order valence-corrected chi connectivity index (χ1v) is 6.20. The van der Waals surface area contributed by atoms with Gasteiger partial charge in [-0.3, -0.25) is 0 Å². The standard InChI is InChI=1S/C13H18O4/c14-10-2-6-1-7-3-11(15)13(17)5-9(7)8(6)4-12(10)16/h10-17H,1-5H2/t10-,11-,12-,13-/m0/s1. The van der Waals surface area contributed by atoms with Crippen molar-refractivity contribution in [2.24, 2.45) is 0 Å². The van der Waals surface area contributed by atoms with Gasteiger partial charge in [-0.2, -0.15) is 0 Å². The van der Waals surface area contributed by atoms with Gasteiger partial charge in [0.05, 0.1) is 24.4 Å². The molecular formula is C13H18O4. The van der Waals surface area contributed by atoms with Crippen LogP contribution in [0.3, 0.4) is 0 Å². The summed E-state index contributed by atoms with van der Waals surface area (Å²) in [5.74, 6) is 0. The highest BCUT2D eigenvalue weighted by Crippen LogP contribution is 2.46. The summed E-state index contributed by atoms with van der Waals surface area (Å²) in [6, 6.07) is 0. The number of rotatable bonds is 0. The average Bonchev–Trinajstić information content (AvgIpc) is 2.58. The highest BCUT2D eigenvalue weighted by atomic mass is 16.3. The van der Waals surface area contributed by atoms with Crippen LogP contribution in [-0.2, 0) is 0 Å². The van der Waals surface area contributed by atoms with E-state index in [9.17, 15) is 20.4 Å². The van der Waals surface area contributed by atoms with Crippen molar-refractivity contribution in [3.63, 3.8) is 0 Å². The average molecular weight is 238 g/mol. The molecule has 0 heterocycles. The SMILES string of the molecule is O[C@H]1CC2=C(C[C@@H]1O)C1=C(C2)C[C@H](O)[C@@H](O)C1. The lowest BCUT2D eigenvalue weighted by molar-refractivity contribution is 0.0116. The molecule has 0 saturated heterocycles. The van der Waals surface area contributed by atoms with E-state index < -0.39 is 24.4 Å². The molecule has 0 amide bonds. The van der Waals surface area contributed by atoms with Crippen molar-refractivity contribution < 1.29 is 20.4 Å². The van der Waals surface area contributed by atoms with Crippen molar-refractivity contribution in [3.05, 3.63) is 22.3 Å². The minimum Gasteiger partial charge on any atom is -0.390 e. The van der Waals surface area contributed by atoms with Gasteiger partial charge in [0.2, 0.25) is 0 Å². The van der Waals surface area contributed by atoms with Gasteiger partial charge >= 0.3 is 0 Å². The Hall–Kier alpha value is -0.680. The molecule has 94 valence electrons. The predicted octanol–water partition coefficient (Wildman–Crippen LogP) is 0.0145. The third-order valence-electron chi connectivity index (χ3n) is 4.27. The molecule has 0 radical (unpaired) electrons. The Balaban J connectivity index is 1.89. The Morgan fingerprint density at radius 1 is 0.588 bits per heavy atom. The van der Waals surface area contributed by atoms with Crippen LogP contribution in [-0.4, -0.2) is 44.8 Å². The summed E-state index contributed by atoms with van der Waals surface area (Å²) in [5, 5.41) is 38.8. The molecule has 17 heavy (non-hydrogen) atoms. The molecule has 3 aliphatic carbocycles. The first kappa shape index (κ1) is 11.4. The number of aliphatic hydroxyl groups is 4. The Morgan fingerprint density at radius 3 is 1.35 bits per heavy atom. The Labute approximate surface area is 99.9 Å². The molecule has 3 aliphatic rings. The van der Waals surface area contributed by atoms with Crippen LogP contribution in [0.5, 0.6) is 0 Å². The van der Waals surface area contributed by atoms with Gasteiger partial charge in [0.1, 0.15) is 0 Å². The zero-order valence-corrected chi connectivity index (χ0v) is 9.63. The van der Waals surface area contributed by atoms with Gasteiger partial charge in [-0.15, -0.1) is 0 Å². The monoisotopic (exact) mass is 238 g/mol. The van der Waals surface area contributed by atoms with E-state index in [2.05, 4.69) is 0 Å². The molecule has 0 aromatic carbocycles. The number of fused-ring (bicyclic) bond motifs is 1. The van der Waals surface area contributed by atoms with E-state index in [1.807, 2.05) is 0 Å². The first-order valence-electron chi connectivity index (χ1n) is 6.20. The fourth-order valence-electron chi connectivity index (χ4n) is 3.29. The second-order valence-corrected chi connectivity index (χ2v) is 5.43. The maximum atomic E-state index is 9.71. The van der Waals surface area contributed by atoms with Gasteiger partial charge in [-0.05, 0) is 30.4 Å². The van der Waals surface area contributed by atoms with E-state index in [-0.39, 0.29) is 0 Å². The van der Waals surface area contributed by atoms with Crippen molar-refractivity contribution in [2.75, 3.05) is 0 Å². The molecule has 3 rings (SSSR count). The van der Waals surface area contributed by atoms with E-state index in [1.54, 1.807) is 0 Å². The lowest BCUT2D eigenvalue weighted by Gasteiger charge is -2.29. The van der Waals surface area contributed by atoms with Gasteiger partial charge < -0.3 is 20.4 Å². The lowest BCUT2D eigenvalue weighted by Crippen LogP contribution is -2.32. The molecule has 0 fully saturated rings. The minimum absolute atomic E-state index is 0.484. The molecular weight excluding hydrogens is 220 g/mol. The van der Waals surface area contributed by atoms with E-state index in [1.165, 1.54) is 11.1 Å². The fraction of sp³-hybridized carbons (Fsp3) is 0.692. The Kier molecular flexibility index (Phi) is 2.63. The van der Waals surface area contributed by atoms with Gasteiger partial charge in [0.25, 0.3) is 0 Å². The summed E-state index contributed by atoms with van der Waals surface area (Å²) in [7, 11) is 0. The van der Waals surface area contributed by atoms with Crippen molar-refractivity contribution in [1.82, 2.24) is 0 Å². The van der Waals surface area contributed by atoms with Crippen molar-refractivity contribution in [3.8, 4) is 0 Å². The molecule has 4 heteroatoms. The van der Waals surface area contributed by atoms with Crippen molar-refractivity contribution >= 4 is 0 Å². The van der Waals surface area contributed by atoms with Gasteiger partial charge in [-0.25, -0.2) is 0 Å². The van der Waals surface area contributed by atoms with Crippen LogP contribution in [0.4, 0.5) is 0 Å². The maximum absolute atomic E-state index is 9.71. The lowest BCUT2D eigenvalue weighted by atomic mass is 9.83. The minimum atomic E-state index is -0.690. The first-order chi connectivity index (χ1) is 8.06. The molecule has 0 unspecified atom stereocenters. The normalized spacial score (nSPS) is 41.6. The van der Waals surface area contributed by atoms with Crippen molar-refractivity contribution in [2.45, 2.75) is 56.5 Å². The zero-order valence-electron chi connectivity index (χ0n) is 9.63. The van der Waals surface area contributed by atoms with Crippen LogP contribution in [0.2, 0.25) is 0 Å². The predicted molar refractivity (Wildman–Crippen MR) is 61.2 cm³/mol. The van der Waals surface area contributed by atoms with Crippen LogP contribution >= 0.6 is 0 Å². The van der Waals surface area contributed by atoms with Crippen LogP contribution < -0.4 is 0 Å². The van der Waals surface area contributed by atoms with Gasteiger partial charge in [-0.1, -0.05) is 11.1 Å². The Morgan fingerprint density at radius 2 is 0.941 bits per heavy atom. The summed E-state index contributed by atoms with van der Waals surface area (Å²) in [5.41, 5.74) is 4.63. The molecule has 0 spiro atoms. The fourth-order valence-corrected chi connectivity index (χ4v) is 3.29. The van der Waals surface area contributed by atoms with Gasteiger partial charge in [0, 0.05) is 12.8 Å². The number of hydrogen-bond acceptors (Lipinski definition) is 4. The zero-order chi connectivity index (χ0) is 12.2. The molecule has 0 aliphatic heterocycles. The highest BCUT2D eigenvalue weighted by Gasteiger charge is 2.38. The second kappa shape index (κ2) is 3.92. The summed E-state index contributed by atoms with van der Waals surface area (Å²) < 4.78 is 0. The highest BCUT2D eigenvalue weighted by molar-refractivity contribution is 5.51. The molecule has 0 aromatic rings. The van der Waals surface area contributed by atoms with Crippen LogP contribution in [0.15, 0.2) is 22.3 Å². The third kappa shape index (κ3) is 1.76. The molecule has 0 bridgehead atoms.